The number of hydrogen-bond acceptors (Lipinski definition) is 14. The second kappa shape index (κ2) is 27.1. The van der Waals surface area contributed by atoms with Crippen molar-refractivity contribution >= 4 is 124 Å². The maximum atomic E-state index is 13.8. The van der Waals surface area contributed by atoms with Gasteiger partial charge in [-0.25, -0.2) is 4.79 Å². The molecule has 0 saturated heterocycles. The quantitative estimate of drug-likeness (QED) is 0.0155. The molecule has 4 aromatic heterocycles. The number of thiophene rings is 2. The highest BCUT2D eigenvalue weighted by molar-refractivity contribution is 7.12. The molecule has 0 unspecified atom stereocenters. The Balaban J connectivity index is 0.000000200. The van der Waals surface area contributed by atoms with E-state index >= 15 is 0 Å². The van der Waals surface area contributed by atoms with Crippen LogP contribution in [0.1, 0.15) is 101 Å². The van der Waals surface area contributed by atoms with E-state index in [0.717, 1.165) is 54.7 Å². The maximum Gasteiger partial charge on any atom is 0.332 e. The number of fused-ring (bicyclic) bond motifs is 6. The Hall–Kier alpha value is -8.51. The highest BCUT2D eigenvalue weighted by Crippen LogP contribution is 2.34. The molecule has 0 spiro atoms. The van der Waals surface area contributed by atoms with Gasteiger partial charge in [-0.3, -0.25) is 24.0 Å². The van der Waals surface area contributed by atoms with Gasteiger partial charge in [-0.05, 0) is 146 Å². The average molecular weight is 1140 g/mol. The van der Waals surface area contributed by atoms with Gasteiger partial charge < -0.3 is 28.7 Å². The summed E-state index contributed by atoms with van der Waals surface area (Å²) < 4.78 is 15.5. The minimum atomic E-state index is -0.616. The second-order valence-corrected chi connectivity index (χ2v) is 20.9. The van der Waals surface area contributed by atoms with Gasteiger partial charge in [-0.15, -0.1) is 22.7 Å². The van der Waals surface area contributed by atoms with Gasteiger partial charge in [-0.1, -0.05) is 71.0 Å². The summed E-state index contributed by atoms with van der Waals surface area (Å²) in [4.78, 5) is 80.6. The molecule has 0 fully saturated rings. The number of hydrogen-bond donors (Lipinski definition) is 1. The van der Waals surface area contributed by atoms with Crippen LogP contribution in [0.5, 0.6) is 0 Å². The number of nitrogens with zero attached hydrogens (tertiary/aromatic N) is 4. The maximum absolute atomic E-state index is 13.8. The van der Waals surface area contributed by atoms with Crippen LogP contribution in [-0.2, 0) is 37.0 Å². The summed E-state index contributed by atoms with van der Waals surface area (Å²) in [5, 5.41) is 23.9. The van der Waals surface area contributed by atoms with E-state index < -0.39 is 5.97 Å². The lowest BCUT2D eigenvalue weighted by atomic mass is 9.96. The molecule has 1 N–H and O–H groups in total. The SMILES string of the molecule is CC(=O)Cl.CCOCCn1c2ccc(C(=O)C(=NO)c3ccccc3C)cc2c2cc(C(=O)c3cccs3)ccc21.CCOCCn1c2ccc(C(=O)C(=NOC(C)=O)c3ccccc3C)cc2c2cc(C(=O)c3cccs3)ccc21. The lowest BCUT2D eigenvalue weighted by Gasteiger charge is -2.10. The van der Waals surface area contributed by atoms with Crippen LogP contribution in [-0.4, -0.2) is 86.5 Å². The zero-order valence-electron chi connectivity index (χ0n) is 45.4. The van der Waals surface area contributed by atoms with E-state index in [-0.39, 0.29) is 39.8 Å². The molecule has 0 amide bonds. The third-order valence-corrected chi connectivity index (χ3v) is 14.9. The first-order valence-corrected chi connectivity index (χ1v) is 28.1. The number of benzene rings is 6. The Morgan fingerprint density at radius 2 is 0.889 bits per heavy atom. The van der Waals surface area contributed by atoms with Crippen LogP contribution >= 0.6 is 34.3 Å². The Kier molecular flexibility index (Phi) is 19.6. The van der Waals surface area contributed by atoms with Gasteiger partial charge in [0, 0.05) is 117 Å². The number of aromatic nitrogens is 2. The normalized spacial score (nSPS) is 11.5. The number of aryl methyl sites for hydroxylation is 2. The van der Waals surface area contributed by atoms with Crippen LogP contribution in [0.3, 0.4) is 0 Å². The predicted molar refractivity (Wildman–Crippen MR) is 322 cm³/mol. The minimum Gasteiger partial charge on any atom is -0.410 e. The fourth-order valence-electron chi connectivity index (χ4n) is 9.45. The van der Waals surface area contributed by atoms with E-state index in [1.165, 1.54) is 36.5 Å². The van der Waals surface area contributed by atoms with Gasteiger partial charge in [0.05, 0.1) is 23.0 Å². The summed E-state index contributed by atoms with van der Waals surface area (Å²) in [7, 11) is 0. The molecular weight excluding hydrogens is 1080 g/mol. The molecule has 10 aromatic rings. The minimum absolute atomic E-state index is 0.00824. The van der Waals surface area contributed by atoms with E-state index in [1.54, 1.807) is 30.3 Å². The van der Waals surface area contributed by atoms with Crippen LogP contribution in [0.25, 0.3) is 43.6 Å². The van der Waals surface area contributed by atoms with Crippen molar-refractivity contribution in [2.24, 2.45) is 10.3 Å². The molecule has 81 heavy (non-hydrogen) atoms. The predicted octanol–water partition coefficient (Wildman–Crippen LogP) is 13.8. The molecular formula is C64H57ClN4O10S2. The van der Waals surface area contributed by atoms with E-state index in [9.17, 15) is 34.0 Å². The summed E-state index contributed by atoms with van der Waals surface area (Å²) in [5.74, 6) is -1.45. The largest absolute Gasteiger partial charge is 0.410 e. The number of Topliss-reactive ketones (excluding diaryl/α,β-unsaturated/α-hetero) is 2. The zero-order chi connectivity index (χ0) is 57.7. The van der Waals surface area contributed by atoms with Crippen molar-refractivity contribution in [2.45, 2.75) is 54.6 Å². The molecule has 14 nitrogen and oxygen atoms in total. The number of ketones is 4. The van der Waals surface area contributed by atoms with E-state index in [2.05, 4.69) is 31.0 Å². The molecule has 6 aromatic carbocycles. The van der Waals surface area contributed by atoms with Crippen molar-refractivity contribution in [3.63, 3.8) is 0 Å². The third kappa shape index (κ3) is 13.4. The Morgan fingerprint density at radius 1 is 0.519 bits per heavy atom. The summed E-state index contributed by atoms with van der Waals surface area (Å²) in [5.41, 5.74) is 8.57. The van der Waals surface area contributed by atoms with Crippen LogP contribution in [0, 0.1) is 13.8 Å². The number of rotatable bonds is 19. The van der Waals surface area contributed by atoms with Crippen molar-refractivity contribution < 1.29 is 48.3 Å². The fourth-order valence-corrected chi connectivity index (χ4v) is 10.8. The summed E-state index contributed by atoms with van der Waals surface area (Å²) in [6, 6.07) is 44.3. The van der Waals surface area contributed by atoms with Gasteiger partial charge in [0.1, 0.15) is 0 Å². The fraction of sp³-hybridized carbons (Fsp3) is 0.188. The Labute approximate surface area is 480 Å². The van der Waals surface area contributed by atoms with Crippen LogP contribution < -0.4 is 0 Å². The number of ether oxygens (including phenoxy) is 2. The van der Waals surface area contributed by atoms with Gasteiger partial charge in [0.25, 0.3) is 0 Å². The smallest absolute Gasteiger partial charge is 0.332 e. The van der Waals surface area contributed by atoms with Crippen LogP contribution in [0.4, 0.5) is 0 Å². The highest BCUT2D eigenvalue weighted by Gasteiger charge is 2.24. The number of oxime groups is 2. The van der Waals surface area contributed by atoms with Crippen molar-refractivity contribution in [3.05, 3.63) is 211 Å². The summed E-state index contributed by atoms with van der Waals surface area (Å²) in [6.07, 6.45) is 0. The molecule has 17 heteroatoms. The van der Waals surface area contributed by atoms with Gasteiger partial charge in [0.2, 0.25) is 28.4 Å². The first kappa shape index (κ1) is 58.6. The second-order valence-electron chi connectivity index (χ2n) is 18.5. The molecule has 0 aliphatic heterocycles. The van der Waals surface area contributed by atoms with Crippen molar-refractivity contribution in [2.75, 3.05) is 26.4 Å². The lowest BCUT2D eigenvalue weighted by Crippen LogP contribution is -2.18. The topological polar surface area (TPSA) is 185 Å². The summed E-state index contributed by atoms with van der Waals surface area (Å²) in [6.45, 7) is 13.7. The molecule has 10 rings (SSSR count). The van der Waals surface area contributed by atoms with E-state index in [4.69, 9.17) is 14.3 Å². The Morgan fingerprint density at radius 3 is 1.25 bits per heavy atom. The molecule has 0 aliphatic rings. The van der Waals surface area contributed by atoms with Gasteiger partial charge in [-0.2, -0.15) is 0 Å². The molecule has 4 heterocycles. The molecule has 0 saturated carbocycles. The zero-order valence-corrected chi connectivity index (χ0v) is 47.7. The van der Waals surface area contributed by atoms with Gasteiger partial charge >= 0.3 is 5.97 Å². The molecule has 412 valence electrons. The summed E-state index contributed by atoms with van der Waals surface area (Å²) >= 11 is 7.45. The van der Waals surface area contributed by atoms with Crippen molar-refractivity contribution in [3.8, 4) is 0 Å². The number of carbonyl (C=O) groups is 6. The van der Waals surface area contributed by atoms with Gasteiger partial charge in [0.15, 0.2) is 11.4 Å². The lowest BCUT2D eigenvalue weighted by molar-refractivity contribution is -0.140. The molecule has 0 aliphatic carbocycles. The van der Waals surface area contributed by atoms with E-state index in [0.29, 0.717) is 82.7 Å². The van der Waals surface area contributed by atoms with Crippen molar-refractivity contribution in [1.82, 2.24) is 9.13 Å². The molecule has 0 bridgehead atoms. The molecule has 0 radical (unpaired) electrons. The third-order valence-electron chi connectivity index (χ3n) is 13.2. The van der Waals surface area contributed by atoms with E-state index in [1.807, 2.05) is 154 Å². The van der Waals surface area contributed by atoms with Crippen LogP contribution in [0.2, 0.25) is 0 Å². The average Bonchev–Trinajstić information content (AvgIpc) is 4.50. The highest BCUT2D eigenvalue weighted by atomic mass is 35.5. The number of halogens is 1. The Bertz CT molecular complexity index is 4040. The monoisotopic (exact) mass is 1140 g/mol. The molecule has 0 atom stereocenters. The van der Waals surface area contributed by atoms with Crippen molar-refractivity contribution in [1.29, 1.82) is 0 Å². The first-order chi connectivity index (χ1) is 39.1. The van der Waals surface area contributed by atoms with Crippen LogP contribution in [0.15, 0.2) is 167 Å². The first-order valence-electron chi connectivity index (χ1n) is 25.9. The standard InChI is InChI=1S/C32H28N2O5S.C30H26N2O4S.C2H3ClO/c1-4-38-16-15-34-27-13-11-22(31(36)29-10-7-17-40-29)18-25(27)26-19-23(12-14-28(26)34)32(37)30(33-39-21(3)35)24-9-6-5-8-20(24)2;1-3-36-15-14-32-25-12-10-20(29(33)27-9-6-16-37-27)17-23(25)24-18-21(11-13-26(24)32)30(34)28(31-35)22-8-5-4-7-19(22)2;1-2(3)4/h5-14,17-19H,4,15-16H2,1-3H3;4-13,16-18,35H,3,14-15H2,1-2H3;1H3. The number of carbonyl (C=O) groups excluding carboxylic acids is 6.